The van der Waals surface area contributed by atoms with Crippen molar-refractivity contribution in [3.63, 3.8) is 0 Å². The molecule has 0 saturated heterocycles. The van der Waals surface area contributed by atoms with Crippen LogP contribution in [-0.2, 0) is 0 Å². The Labute approximate surface area is 97.3 Å². The van der Waals surface area contributed by atoms with Crippen molar-refractivity contribution in [2.75, 3.05) is 20.1 Å². The molecular formula is C13H21FN2. The minimum Gasteiger partial charge on any atom is -0.324 e. The lowest BCUT2D eigenvalue weighted by Gasteiger charge is -2.18. The highest BCUT2D eigenvalue weighted by Gasteiger charge is 2.07. The lowest BCUT2D eigenvalue weighted by molar-refractivity contribution is 0.319. The van der Waals surface area contributed by atoms with Gasteiger partial charge in [-0.05, 0) is 50.7 Å². The molecule has 0 bridgehead atoms. The van der Waals surface area contributed by atoms with Crippen LogP contribution >= 0.6 is 0 Å². The van der Waals surface area contributed by atoms with Gasteiger partial charge in [-0.1, -0.05) is 19.1 Å². The molecule has 0 aliphatic heterocycles. The lowest BCUT2D eigenvalue weighted by atomic mass is 10.0. The zero-order valence-electron chi connectivity index (χ0n) is 10.1. The molecule has 0 aromatic heterocycles. The van der Waals surface area contributed by atoms with Crippen molar-refractivity contribution in [1.82, 2.24) is 4.90 Å². The van der Waals surface area contributed by atoms with Crippen molar-refractivity contribution in [3.8, 4) is 0 Å². The summed E-state index contributed by atoms with van der Waals surface area (Å²) in [5.41, 5.74) is 6.89. The zero-order chi connectivity index (χ0) is 12.0. The smallest absolute Gasteiger partial charge is 0.123 e. The molecular weight excluding hydrogens is 203 g/mol. The van der Waals surface area contributed by atoms with Crippen LogP contribution in [0.5, 0.6) is 0 Å². The minimum absolute atomic E-state index is 0.0741. The summed E-state index contributed by atoms with van der Waals surface area (Å²) in [5, 5.41) is 0. The zero-order valence-corrected chi connectivity index (χ0v) is 10.1. The van der Waals surface area contributed by atoms with Gasteiger partial charge in [-0.3, -0.25) is 0 Å². The van der Waals surface area contributed by atoms with Crippen molar-refractivity contribution >= 4 is 0 Å². The van der Waals surface area contributed by atoms with E-state index in [-0.39, 0.29) is 11.9 Å². The molecule has 1 atom stereocenters. The molecule has 0 radical (unpaired) electrons. The maximum atomic E-state index is 13.0. The Bertz CT molecular complexity index is 315. The van der Waals surface area contributed by atoms with Crippen LogP contribution in [0.25, 0.3) is 0 Å². The second kappa shape index (κ2) is 6.61. The molecule has 16 heavy (non-hydrogen) atoms. The first-order valence-corrected chi connectivity index (χ1v) is 5.83. The van der Waals surface area contributed by atoms with Gasteiger partial charge in [-0.25, -0.2) is 4.39 Å². The SMILES string of the molecule is CCCN(C)CCC(N)c1cccc(F)c1. The summed E-state index contributed by atoms with van der Waals surface area (Å²) in [7, 11) is 2.09. The summed E-state index contributed by atoms with van der Waals surface area (Å²) in [6.45, 7) is 4.18. The molecule has 2 N–H and O–H groups in total. The van der Waals surface area contributed by atoms with Crippen molar-refractivity contribution in [3.05, 3.63) is 35.6 Å². The minimum atomic E-state index is -0.213. The van der Waals surface area contributed by atoms with Crippen molar-refractivity contribution < 1.29 is 4.39 Å². The summed E-state index contributed by atoms with van der Waals surface area (Å²) in [6, 6.07) is 6.48. The summed E-state index contributed by atoms with van der Waals surface area (Å²) >= 11 is 0. The third-order valence-electron chi connectivity index (χ3n) is 2.70. The van der Waals surface area contributed by atoms with E-state index in [2.05, 4.69) is 18.9 Å². The largest absolute Gasteiger partial charge is 0.324 e. The summed E-state index contributed by atoms with van der Waals surface area (Å²) in [5.74, 6) is -0.213. The van der Waals surface area contributed by atoms with E-state index < -0.39 is 0 Å². The molecule has 3 heteroatoms. The van der Waals surface area contributed by atoms with E-state index in [1.54, 1.807) is 6.07 Å². The highest BCUT2D eigenvalue weighted by Crippen LogP contribution is 2.15. The number of halogens is 1. The van der Waals surface area contributed by atoms with Crippen molar-refractivity contribution in [1.29, 1.82) is 0 Å². The second-order valence-electron chi connectivity index (χ2n) is 4.25. The summed E-state index contributed by atoms with van der Waals surface area (Å²) in [6.07, 6.45) is 2.01. The van der Waals surface area contributed by atoms with Crippen LogP contribution in [0.1, 0.15) is 31.4 Å². The molecule has 0 aliphatic carbocycles. The quantitative estimate of drug-likeness (QED) is 0.804. The molecule has 0 spiro atoms. The standard InChI is InChI=1S/C13H21FN2/c1-3-8-16(2)9-7-13(15)11-5-4-6-12(14)10-11/h4-6,10,13H,3,7-9,15H2,1-2H3. The average Bonchev–Trinajstić information content (AvgIpc) is 2.26. The molecule has 0 amide bonds. The van der Waals surface area contributed by atoms with E-state index in [9.17, 15) is 4.39 Å². The first kappa shape index (κ1) is 13.1. The van der Waals surface area contributed by atoms with Crippen molar-refractivity contribution in [2.45, 2.75) is 25.8 Å². The van der Waals surface area contributed by atoms with Crippen LogP contribution in [0, 0.1) is 5.82 Å². The van der Waals surface area contributed by atoms with Gasteiger partial charge in [0.15, 0.2) is 0 Å². The highest BCUT2D eigenvalue weighted by molar-refractivity contribution is 5.19. The molecule has 2 nitrogen and oxygen atoms in total. The van der Waals surface area contributed by atoms with Gasteiger partial charge in [0.05, 0.1) is 0 Å². The lowest BCUT2D eigenvalue weighted by Crippen LogP contribution is -2.24. The Hall–Kier alpha value is -0.930. The third-order valence-corrected chi connectivity index (χ3v) is 2.70. The van der Waals surface area contributed by atoms with E-state index in [0.29, 0.717) is 0 Å². The van der Waals surface area contributed by atoms with E-state index in [1.807, 2.05) is 6.07 Å². The fourth-order valence-electron chi connectivity index (χ4n) is 1.76. The van der Waals surface area contributed by atoms with Crippen LogP contribution in [0.4, 0.5) is 4.39 Å². The van der Waals surface area contributed by atoms with E-state index in [1.165, 1.54) is 12.1 Å². The summed E-state index contributed by atoms with van der Waals surface area (Å²) < 4.78 is 13.0. The van der Waals surface area contributed by atoms with Gasteiger partial charge in [0.25, 0.3) is 0 Å². The Morgan fingerprint density at radius 2 is 2.12 bits per heavy atom. The van der Waals surface area contributed by atoms with Gasteiger partial charge in [-0.2, -0.15) is 0 Å². The van der Waals surface area contributed by atoms with Gasteiger partial charge >= 0.3 is 0 Å². The fraction of sp³-hybridized carbons (Fsp3) is 0.538. The molecule has 90 valence electrons. The number of rotatable bonds is 6. The van der Waals surface area contributed by atoms with Gasteiger partial charge < -0.3 is 10.6 Å². The van der Waals surface area contributed by atoms with Crippen LogP contribution in [0.3, 0.4) is 0 Å². The first-order valence-electron chi connectivity index (χ1n) is 5.83. The van der Waals surface area contributed by atoms with Crippen molar-refractivity contribution in [2.24, 2.45) is 5.73 Å². The molecule has 0 saturated carbocycles. The Balaban J connectivity index is 2.43. The molecule has 0 heterocycles. The Kier molecular flexibility index (Phi) is 5.43. The first-order chi connectivity index (χ1) is 7.63. The van der Waals surface area contributed by atoms with Crippen LogP contribution in [0.15, 0.2) is 24.3 Å². The van der Waals surface area contributed by atoms with Gasteiger partial charge in [0.1, 0.15) is 5.82 Å². The number of hydrogen-bond acceptors (Lipinski definition) is 2. The molecule has 1 rings (SSSR count). The van der Waals surface area contributed by atoms with E-state index >= 15 is 0 Å². The maximum absolute atomic E-state index is 13.0. The monoisotopic (exact) mass is 224 g/mol. The molecule has 0 aliphatic rings. The van der Waals surface area contributed by atoms with E-state index in [4.69, 9.17) is 5.73 Å². The van der Waals surface area contributed by atoms with Gasteiger partial charge in [-0.15, -0.1) is 0 Å². The second-order valence-corrected chi connectivity index (χ2v) is 4.25. The van der Waals surface area contributed by atoms with Crippen LogP contribution < -0.4 is 5.73 Å². The predicted octanol–water partition coefficient (Wildman–Crippen LogP) is 2.56. The molecule has 1 aromatic carbocycles. The molecule has 0 fully saturated rings. The van der Waals surface area contributed by atoms with Crippen LogP contribution in [-0.4, -0.2) is 25.0 Å². The fourth-order valence-corrected chi connectivity index (χ4v) is 1.76. The van der Waals surface area contributed by atoms with E-state index in [0.717, 1.165) is 31.5 Å². The highest BCUT2D eigenvalue weighted by atomic mass is 19.1. The Morgan fingerprint density at radius 3 is 2.75 bits per heavy atom. The average molecular weight is 224 g/mol. The molecule has 1 unspecified atom stereocenters. The number of nitrogens with zero attached hydrogens (tertiary/aromatic N) is 1. The Morgan fingerprint density at radius 1 is 1.38 bits per heavy atom. The summed E-state index contributed by atoms with van der Waals surface area (Å²) in [4.78, 5) is 2.25. The van der Waals surface area contributed by atoms with Gasteiger partial charge in [0.2, 0.25) is 0 Å². The third kappa shape index (κ3) is 4.29. The number of benzene rings is 1. The normalized spacial score (nSPS) is 13.1. The number of nitrogens with two attached hydrogens (primary N) is 1. The predicted molar refractivity (Wildman–Crippen MR) is 65.7 cm³/mol. The number of hydrogen-bond donors (Lipinski definition) is 1. The maximum Gasteiger partial charge on any atom is 0.123 e. The molecule has 1 aromatic rings. The van der Waals surface area contributed by atoms with Crippen LogP contribution in [0.2, 0.25) is 0 Å². The topological polar surface area (TPSA) is 29.3 Å². The van der Waals surface area contributed by atoms with Gasteiger partial charge in [0, 0.05) is 6.04 Å².